The maximum absolute atomic E-state index is 11.3. The van der Waals surface area contributed by atoms with Gasteiger partial charge >= 0.3 is 0 Å². The van der Waals surface area contributed by atoms with Crippen LogP contribution in [0.3, 0.4) is 0 Å². The molecule has 0 bridgehead atoms. The molecule has 6 heteroatoms. The number of carbonyl (C=O) groups is 1. The molecule has 5 nitrogen and oxygen atoms in total. The van der Waals surface area contributed by atoms with Gasteiger partial charge in [0.05, 0.1) is 19.3 Å². The van der Waals surface area contributed by atoms with Crippen LogP contribution in [-0.4, -0.2) is 37.5 Å². The Morgan fingerprint density at radius 2 is 2.15 bits per heavy atom. The first kappa shape index (κ1) is 15.0. The highest BCUT2D eigenvalue weighted by Crippen LogP contribution is 2.33. The quantitative estimate of drug-likeness (QED) is 0.776. The molecule has 1 atom stereocenters. The van der Waals surface area contributed by atoms with Gasteiger partial charge in [0.15, 0.2) is 11.5 Å². The summed E-state index contributed by atoms with van der Waals surface area (Å²) in [6.07, 6.45) is 0.890. The predicted octanol–water partition coefficient (Wildman–Crippen LogP) is 1.40. The molecule has 0 saturated heterocycles. The number of nitrogens with two attached hydrogens (primary N) is 1. The first-order valence-electron chi connectivity index (χ1n) is 6.76. The molecule has 110 valence electrons. The lowest BCUT2D eigenvalue weighted by atomic mass is 10.3. The topological polar surface area (TPSA) is 73.6 Å². The molecule has 0 saturated carbocycles. The van der Waals surface area contributed by atoms with E-state index in [4.69, 9.17) is 15.2 Å². The fourth-order valence-electron chi connectivity index (χ4n) is 1.90. The van der Waals surface area contributed by atoms with E-state index in [1.165, 1.54) is 0 Å². The molecule has 0 spiro atoms. The molecule has 0 aromatic heterocycles. The van der Waals surface area contributed by atoms with Gasteiger partial charge in [-0.3, -0.25) is 4.79 Å². The van der Waals surface area contributed by atoms with Gasteiger partial charge in [0.25, 0.3) is 0 Å². The van der Waals surface area contributed by atoms with Crippen LogP contribution in [-0.2, 0) is 4.79 Å². The average Bonchev–Trinajstić information content (AvgIpc) is 2.67. The van der Waals surface area contributed by atoms with Crippen molar-refractivity contribution in [3.63, 3.8) is 0 Å². The largest absolute Gasteiger partial charge is 0.490 e. The van der Waals surface area contributed by atoms with E-state index in [1.807, 2.05) is 25.1 Å². The summed E-state index contributed by atoms with van der Waals surface area (Å²) in [7, 11) is 0. The minimum atomic E-state index is -0.325. The second kappa shape index (κ2) is 7.40. The van der Waals surface area contributed by atoms with Crippen LogP contribution in [0.5, 0.6) is 11.5 Å². The maximum Gasteiger partial charge on any atom is 0.235 e. The van der Waals surface area contributed by atoms with Crippen LogP contribution in [0, 0.1) is 0 Å². The lowest BCUT2D eigenvalue weighted by molar-refractivity contribution is -0.119. The third-order valence-electron chi connectivity index (χ3n) is 2.93. The number of thioether (sulfide) groups is 1. The van der Waals surface area contributed by atoms with Crippen LogP contribution in [0.25, 0.3) is 0 Å². The highest BCUT2D eigenvalue weighted by Gasteiger charge is 2.15. The van der Waals surface area contributed by atoms with Crippen LogP contribution in [0.1, 0.15) is 13.3 Å². The predicted molar refractivity (Wildman–Crippen MR) is 79.4 cm³/mol. The van der Waals surface area contributed by atoms with Crippen molar-refractivity contribution in [3.8, 4) is 11.5 Å². The zero-order chi connectivity index (χ0) is 14.4. The van der Waals surface area contributed by atoms with Crippen molar-refractivity contribution in [2.75, 3.05) is 25.5 Å². The highest BCUT2D eigenvalue weighted by molar-refractivity contribution is 7.99. The van der Waals surface area contributed by atoms with Gasteiger partial charge in [-0.2, -0.15) is 0 Å². The minimum Gasteiger partial charge on any atom is -0.490 e. The summed E-state index contributed by atoms with van der Waals surface area (Å²) in [5.41, 5.74) is 5.36. The molecule has 0 fully saturated rings. The molecule has 20 heavy (non-hydrogen) atoms. The monoisotopic (exact) mass is 296 g/mol. The molecule has 1 aliphatic heterocycles. The third kappa shape index (κ3) is 4.05. The Morgan fingerprint density at radius 1 is 1.40 bits per heavy atom. The highest BCUT2D eigenvalue weighted by atomic mass is 32.2. The first-order valence-corrected chi connectivity index (χ1v) is 7.74. The molecule has 1 aromatic carbocycles. The lowest BCUT2D eigenvalue weighted by Crippen LogP contribution is -2.42. The molecule has 3 N–H and O–H groups in total. The van der Waals surface area contributed by atoms with Crippen LogP contribution in [0.2, 0.25) is 0 Å². The van der Waals surface area contributed by atoms with E-state index >= 15 is 0 Å². The van der Waals surface area contributed by atoms with E-state index < -0.39 is 0 Å². The fraction of sp³-hybridized carbons (Fsp3) is 0.500. The third-order valence-corrected chi connectivity index (χ3v) is 4.02. The Balaban J connectivity index is 1.99. The first-order chi connectivity index (χ1) is 9.70. The molecule has 1 unspecified atom stereocenters. The molecule has 1 amide bonds. The van der Waals surface area contributed by atoms with Crippen LogP contribution in [0.4, 0.5) is 0 Å². The van der Waals surface area contributed by atoms with E-state index in [0.29, 0.717) is 19.0 Å². The number of nitrogens with one attached hydrogen (secondary N) is 1. The molecular formula is C14H20N2O3S. The van der Waals surface area contributed by atoms with E-state index in [9.17, 15) is 4.79 Å². The SMILES string of the molecule is CCNC(CSc1ccc2c(c1)OCCCO2)C(N)=O. The normalized spacial score (nSPS) is 15.4. The van der Waals surface area contributed by atoms with Gasteiger partial charge in [0, 0.05) is 17.1 Å². The Hall–Kier alpha value is -1.40. The van der Waals surface area contributed by atoms with Crippen molar-refractivity contribution >= 4 is 17.7 Å². The van der Waals surface area contributed by atoms with E-state index in [-0.39, 0.29) is 11.9 Å². The van der Waals surface area contributed by atoms with E-state index in [1.54, 1.807) is 11.8 Å². The van der Waals surface area contributed by atoms with E-state index in [2.05, 4.69) is 5.32 Å². The Labute approximate surface area is 123 Å². The second-order valence-electron chi connectivity index (χ2n) is 4.48. The summed E-state index contributed by atoms with van der Waals surface area (Å²) < 4.78 is 11.2. The Morgan fingerprint density at radius 3 is 2.85 bits per heavy atom. The maximum atomic E-state index is 11.3. The summed E-state index contributed by atoms with van der Waals surface area (Å²) in [4.78, 5) is 12.3. The van der Waals surface area contributed by atoms with Crippen LogP contribution >= 0.6 is 11.8 Å². The van der Waals surface area contributed by atoms with Crippen LogP contribution < -0.4 is 20.5 Å². The van der Waals surface area contributed by atoms with Crippen molar-refractivity contribution in [1.29, 1.82) is 0 Å². The Kier molecular flexibility index (Phi) is 5.55. The van der Waals surface area contributed by atoms with Gasteiger partial charge in [0.1, 0.15) is 0 Å². The van der Waals surface area contributed by atoms with Gasteiger partial charge in [-0.1, -0.05) is 6.92 Å². The standard InChI is InChI=1S/C14H20N2O3S/c1-2-16-11(14(15)17)9-20-10-4-5-12-13(8-10)19-7-3-6-18-12/h4-5,8,11,16H,2-3,6-7,9H2,1H3,(H2,15,17). The summed E-state index contributed by atoms with van der Waals surface area (Å²) in [6, 6.07) is 5.52. The van der Waals surface area contributed by atoms with Crippen molar-refractivity contribution < 1.29 is 14.3 Å². The lowest BCUT2D eigenvalue weighted by Gasteiger charge is -2.14. The smallest absolute Gasteiger partial charge is 0.235 e. The van der Waals surface area contributed by atoms with Crippen molar-refractivity contribution in [3.05, 3.63) is 18.2 Å². The zero-order valence-corrected chi connectivity index (χ0v) is 12.4. The summed E-state index contributed by atoms with van der Waals surface area (Å²) in [6.45, 7) is 4.02. The number of benzene rings is 1. The number of amides is 1. The number of fused-ring (bicyclic) bond motifs is 1. The summed E-state index contributed by atoms with van der Waals surface area (Å²) in [5, 5.41) is 3.07. The number of hydrogen-bond donors (Lipinski definition) is 2. The molecule has 0 aliphatic carbocycles. The molecule has 2 rings (SSSR count). The number of hydrogen-bond acceptors (Lipinski definition) is 5. The van der Waals surface area contributed by atoms with Crippen LogP contribution in [0.15, 0.2) is 23.1 Å². The minimum absolute atomic E-state index is 0.319. The van der Waals surface area contributed by atoms with E-state index in [0.717, 1.165) is 29.4 Å². The molecular weight excluding hydrogens is 276 g/mol. The molecule has 1 aliphatic rings. The fourth-order valence-corrected chi connectivity index (χ4v) is 2.90. The van der Waals surface area contributed by atoms with Crippen molar-refractivity contribution in [2.24, 2.45) is 5.73 Å². The van der Waals surface area contributed by atoms with Crippen molar-refractivity contribution in [1.82, 2.24) is 5.32 Å². The van der Waals surface area contributed by atoms with Gasteiger partial charge < -0.3 is 20.5 Å². The zero-order valence-electron chi connectivity index (χ0n) is 11.6. The number of rotatable bonds is 6. The Bertz CT molecular complexity index is 468. The molecule has 1 aromatic rings. The van der Waals surface area contributed by atoms with Gasteiger partial charge in [-0.05, 0) is 24.7 Å². The van der Waals surface area contributed by atoms with Crippen molar-refractivity contribution in [2.45, 2.75) is 24.3 Å². The number of likely N-dealkylation sites (N-methyl/N-ethyl adjacent to an activating group) is 1. The van der Waals surface area contributed by atoms with Gasteiger partial charge in [-0.25, -0.2) is 0 Å². The summed E-state index contributed by atoms with van der Waals surface area (Å²) >= 11 is 1.58. The number of carbonyl (C=O) groups excluding carboxylic acids is 1. The number of ether oxygens (including phenoxy) is 2. The number of primary amides is 1. The molecule has 1 heterocycles. The summed E-state index contributed by atoms with van der Waals surface area (Å²) in [5.74, 6) is 1.83. The second-order valence-corrected chi connectivity index (χ2v) is 5.58. The molecule has 0 radical (unpaired) electrons. The van der Waals surface area contributed by atoms with Gasteiger partial charge in [-0.15, -0.1) is 11.8 Å². The average molecular weight is 296 g/mol. The van der Waals surface area contributed by atoms with Gasteiger partial charge in [0.2, 0.25) is 5.91 Å².